The molecule has 0 spiro atoms. The lowest BCUT2D eigenvalue weighted by molar-refractivity contribution is 0.512. The first-order chi connectivity index (χ1) is 8.83. The molecule has 108 valence electrons. The molecule has 1 aromatic rings. The van der Waals surface area contributed by atoms with E-state index in [-0.39, 0.29) is 11.8 Å². The summed E-state index contributed by atoms with van der Waals surface area (Å²) in [6.45, 7) is 2.96. The zero-order valence-electron chi connectivity index (χ0n) is 11.1. The van der Waals surface area contributed by atoms with Crippen LogP contribution in [0.2, 0.25) is 0 Å². The lowest BCUT2D eigenvalue weighted by atomic mass is 10.0. The van der Waals surface area contributed by atoms with Crippen molar-refractivity contribution in [1.29, 1.82) is 0 Å². The second kappa shape index (κ2) is 7.76. The van der Waals surface area contributed by atoms with Gasteiger partial charge in [-0.1, -0.05) is 38.8 Å². The fourth-order valence-electron chi connectivity index (χ4n) is 1.80. The third-order valence-corrected chi connectivity index (χ3v) is 4.94. The van der Waals surface area contributed by atoms with Crippen LogP contribution in [-0.2, 0) is 9.84 Å². The highest BCUT2D eigenvalue weighted by atomic mass is 79.9. The van der Waals surface area contributed by atoms with Crippen molar-refractivity contribution in [2.24, 2.45) is 0 Å². The minimum absolute atomic E-state index is 0.0431. The predicted octanol–water partition coefficient (Wildman–Crippen LogP) is 3.69. The van der Waals surface area contributed by atoms with Crippen molar-refractivity contribution in [3.8, 4) is 0 Å². The van der Waals surface area contributed by atoms with Crippen molar-refractivity contribution in [3.05, 3.63) is 32.7 Å². The summed E-state index contributed by atoms with van der Waals surface area (Å²) >= 11 is 6.99. The summed E-state index contributed by atoms with van der Waals surface area (Å²) in [5.41, 5.74) is 1.09. The average Bonchev–Trinajstić information content (AvgIpc) is 2.32. The maximum atomic E-state index is 11.3. The van der Waals surface area contributed by atoms with Crippen LogP contribution in [0, 0.1) is 0 Å². The van der Waals surface area contributed by atoms with E-state index in [0.717, 1.165) is 27.5 Å². The maximum absolute atomic E-state index is 11.3. The van der Waals surface area contributed by atoms with Crippen molar-refractivity contribution >= 4 is 41.7 Å². The fourth-order valence-corrected chi connectivity index (χ4v) is 3.37. The number of hydrogen-bond donors (Lipinski definition) is 1. The summed E-state index contributed by atoms with van der Waals surface area (Å²) in [4.78, 5) is 0. The zero-order chi connectivity index (χ0) is 14.5. The molecule has 0 aliphatic carbocycles. The highest BCUT2D eigenvalue weighted by molar-refractivity contribution is 9.11. The molecule has 3 nitrogen and oxygen atoms in total. The first-order valence-electron chi connectivity index (χ1n) is 6.19. The van der Waals surface area contributed by atoms with E-state index in [1.165, 1.54) is 6.26 Å². The van der Waals surface area contributed by atoms with E-state index >= 15 is 0 Å². The second-order valence-electron chi connectivity index (χ2n) is 4.59. The monoisotopic (exact) mass is 411 g/mol. The van der Waals surface area contributed by atoms with Crippen molar-refractivity contribution in [1.82, 2.24) is 5.32 Å². The van der Waals surface area contributed by atoms with Gasteiger partial charge in [0, 0.05) is 21.2 Å². The average molecular weight is 413 g/mol. The normalized spacial score (nSPS) is 13.5. The second-order valence-corrected chi connectivity index (χ2v) is 8.62. The molecule has 0 aliphatic rings. The minimum Gasteiger partial charge on any atom is -0.310 e. The fraction of sp³-hybridized carbons (Fsp3) is 0.538. The van der Waals surface area contributed by atoms with Gasteiger partial charge in [-0.2, -0.15) is 0 Å². The molecule has 0 bridgehead atoms. The summed E-state index contributed by atoms with van der Waals surface area (Å²) < 4.78 is 24.7. The molecule has 0 heterocycles. The van der Waals surface area contributed by atoms with Gasteiger partial charge in [0.15, 0.2) is 0 Å². The topological polar surface area (TPSA) is 46.2 Å². The molecule has 0 aromatic heterocycles. The molecule has 1 atom stereocenters. The number of sulfone groups is 1. The summed E-state index contributed by atoms with van der Waals surface area (Å²) in [5, 5.41) is 3.41. The molecule has 0 saturated carbocycles. The number of benzene rings is 1. The largest absolute Gasteiger partial charge is 0.310 e. The van der Waals surface area contributed by atoms with E-state index < -0.39 is 9.84 Å². The molecule has 1 aromatic carbocycles. The SMILES string of the molecule is CCCNC(CCS(C)(=O)=O)c1cc(Br)ccc1Br. The van der Waals surface area contributed by atoms with E-state index in [4.69, 9.17) is 0 Å². The Morgan fingerprint density at radius 3 is 2.58 bits per heavy atom. The van der Waals surface area contributed by atoms with E-state index in [1.807, 2.05) is 18.2 Å². The molecule has 1 rings (SSSR count). The van der Waals surface area contributed by atoms with Crippen molar-refractivity contribution in [2.45, 2.75) is 25.8 Å². The van der Waals surface area contributed by atoms with Crippen LogP contribution in [-0.4, -0.2) is 27.0 Å². The number of nitrogens with one attached hydrogen (secondary N) is 1. The van der Waals surface area contributed by atoms with Gasteiger partial charge in [-0.25, -0.2) is 8.42 Å². The molecule has 0 amide bonds. The third kappa shape index (κ3) is 6.38. The quantitative estimate of drug-likeness (QED) is 0.742. The lowest BCUT2D eigenvalue weighted by Crippen LogP contribution is -2.24. The number of halogens is 2. The first-order valence-corrected chi connectivity index (χ1v) is 9.84. The lowest BCUT2D eigenvalue weighted by Gasteiger charge is -2.20. The van der Waals surface area contributed by atoms with Crippen LogP contribution < -0.4 is 5.32 Å². The van der Waals surface area contributed by atoms with Gasteiger partial charge in [0.1, 0.15) is 9.84 Å². The predicted molar refractivity (Wildman–Crippen MR) is 87.2 cm³/mol. The van der Waals surface area contributed by atoms with E-state index in [1.54, 1.807) is 0 Å². The van der Waals surface area contributed by atoms with E-state index in [9.17, 15) is 8.42 Å². The zero-order valence-corrected chi connectivity index (χ0v) is 15.1. The Bertz CT molecular complexity index is 517. The minimum atomic E-state index is -2.94. The van der Waals surface area contributed by atoms with Gasteiger partial charge in [0.25, 0.3) is 0 Å². The van der Waals surface area contributed by atoms with Gasteiger partial charge < -0.3 is 5.32 Å². The van der Waals surface area contributed by atoms with Crippen LogP contribution >= 0.6 is 31.9 Å². The highest BCUT2D eigenvalue weighted by Gasteiger charge is 2.16. The van der Waals surface area contributed by atoms with Gasteiger partial charge in [-0.15, -0.1) is 0 Å². The molecule has 1 N–H and O–H groups in total. The molecule has 0 fully saturated rings. The number of rotatable bonds is 7. The van der Waals surface area contributed by atoms with Crippen LogP contribution in [0.3, 0.4) is 0 Å². The van der Waals surface area contributed by atoms with Gasteiger partial charge in [-0.3, -0.25) is 0 Å². The van der Waals surface area contributed by atoms with E-state index in [2.05, 4.69) is 44.1 Å². The molecule has 19 heavy (non-hydrogen) atoms. The van der Waals surface area contributed by atoms with Gasteiger partial charge in [0.05, 0.1) is 5.75 Å². The van der Waals surface area contributed by atoms with Crippen LogP contribution in [0.25, 0.3) is 0 Å². The van der Waals surface area contributed by atoms with Gasteiger partial charge in [-0.05, 0) is 43.1 Å². The summed E-state index contributed by atoms with van der Waals surface area (Å²) in [6.07, 6.45) is 2.87. The van der Waals surface area contributed by atoms with Gasteiger partial charge in [0.2, 0.25) is 0 Å². The van der Waals surface area contributed by atoms with Crippen molar-refractivity contribution in [3.63, 3.8) is 0 Å². The molecular weight excluding hydrogens is 394 g/mol. The molecule has 0 radical (unpaired) electrons. The Morgan fingerprint density at radius 1 is 1.32 bits per heavy atom. The van der Waals surface area contributed by atoms with Gasteiger partial charge >= 0.3 is 0 Å². The van der Waals surface area contributed by atoms with Crippen molar-refractivity contribution in [2.75, 3.05) is 18.6 Å². The molecule has 0 aliphatic heterocycles. The molecule has 6 heteroatoms. The summed E-state index contributed by atoms with van der Waals surface area (Å²) in [7, 11) is -2.94. The Balaban J connectivity index is 2.91. The van der Waals surface area contributed by atoms with Crippen molar-refractivity contribution < 1.29 is 8.42 Å². The van der Waals surface area contributed by atoms with Crippen LogP contribution in [0.5, 0.6) is 0 Å². The molecular formula is C13H19Br2NO2S. The summed E-state index contributed by atoms with van der Waals surface area (Å²) in [6, 6.07) is 6.00. The summed E-state index contributed by atoms with van der Waals surface area (Å²) in [5.74, 6) is 0.188. The van der Waals surface area contributed by atoms with Crippen LogP contribution in [0.15, 0.2) is 27.1 Å². The first kappa shape index (κ1) is 17.1. The smallest absolute Gasteiger partial charge is 0.147 e. The van der Waals surface area contributed by atoms with Crippen LogP contribution in [0.1, 0.15) is 31.4 Å². The van der Waals surface area contributed by atoms with Crippen LogP contribution in [0.4, 0.5) is 0 Å². The van der Waals surface area contributed by atoms with E-state index in [0.29, 0.717) is 6.42 Å². The Morgan fingerprint density at radius 2 is 2.00 bits per heavy atom. The molecule has 0 saturated heterocycles. The molecule has 1 unspecified atom stereocenters. The standard InChI is InChI=1S/C13H19Br2NO2S/c1-3-7-16-13(6-8-19(2,17)18)11-9-10(14)4-5-12(11)15/h4-5,9,13,16H,3,6-8H2,1-2H3. The Hall–Kier alpha value is 0.0900. The Kier molecular flexibility index (Phi) is 7.00. The third-order valence-electron chi connectivity index (χ3n) is 2.75. The number of hydrogen-bond acceptors (Lipinski definition) is 3. The highest BCUT2D eigenvalue weighted by Crippen LogP contribution is 2.29. The maximum Gasteiger partial charge on any atom is 0.147 e. The Labute approximate surface area is 132 Å².